The van der Waals surface area contributed by atoms with E-state index in [1.807, 2.05) is 19.0 Å². The molecule has 2 N–H and O–H groups in total. The molecule has 2 rings (SSSR count). The third-order valence-electron chi connectivity index (χ3n) is 2.31. The molecule has 1 heterocycles. The Morgan fingerprint density at radius 3 is 2.94 bits per heavy atom. The Morgan fingerprint density at radius 1 is 1.47 bits per heavy atom. The van der Waals surface area contributed by atoms with Crippen LogP contribution in [-0.2, 0) is 10.8 Å². The second-order valence-corrected chi connectivity index (χ2v) is 5.51. The molecule has 1 unspecified atom stereocenters. The first kappa shape index (κ1) is 12.1. The summed E-state index contributed by atoms with van der Waals surface area (Å²) in [7, 11) is 2.67. The average Bonchev–Trinajstić information content (AvgIpc) is 2.68. The lowest BCUT2D eigenvalue weighted by Gasteiger charge is -2.06. The average molecular weight is 253 g/mol. The molecule has 2 aromatic rings. The fraction of sp³-hybridized carbons (Fsp3) is 0.364. The van der Waals surface area contributed by atoms with Crippen LogP contribution in [0.5, 0.6) is 0 Å². The molecule has 0 fully saturated rings. The zero-order valence-electron chi connectivity index (χ0n) is 9.84. The number of aromatic nitrogens is 1. The molecule has 0 aliphatic carbocycles. The fourth-order valence-corrected chi connectivity index (χ4v) is 2.46. The minimum Gasteiger partial charge on any atom is -0.430 e. The van der Waals surface area contributed by atoms with Crippen molar-refractivity contribution in [3.05, 3.63) is 18.2 Å². The number of nitrogens with zero attached hydrogens (tertiary/aromatic N) is 2. The zero-order valence-corrected chi connectivity index (χ0v) is 10.7. The van der Waals surface area contributed by atoms with Crippen molar-refractivity contribution >= 4 is 27.6 Å². The Balaban J connectivity index is 2.21. The van der Waals surface area contributed by atoms with Gasteiger partial charge >= 0.3 is 0 Å². The van der Waals surface area contributed by atoms with Gasteiger partial charge in [-0.05, 0) is 26.2 Å². The molecule has 0 aliphatic rings. The van der Waals surface area contributed by atoms with E-state index < -0.39 is 10.8 Å². The van der Waals surface area contributed by atoms with Gasteiger partial charge in [-0.2, -0.15) is 0 Å². The van der Waals surface area contributed by atoms with Crippen molar-refractivity contribution < 1.29 is 8.63 Å². The Labute approximate surface area is 102 Å². The van der Waals surface area contributed by atoms with Gasteiger partial charge in [0.2, 0.25) is 0 Å². The monoisotopic (exact) mass is 253 g/mol. The van der Waals surface area contributed by atoms with Crippen LogP contribution in [0.25, 0.3) is 11.1 Å². The number of rotatable bonds is 4. The van der Waals surface area contributed by atoms with E-state index in [9.17, 15) is 4.21 Å². The molecule has 17 heavy (non-hydrogen) atoms. The van der Waals surface area contributed by atoms with Crippen molar-refractivity contribution in [2.45, 2.75) is 5.22 Å². The van der Waals surface area contributed by atoms with E-state index in [0.717, 1.165) is 6.54 Å². The maximum atomic E-state index is 11.9. The summed E-state index contributed by atoms with van der Waals surface area (Å²) in [4.78, 5) is 6.16. The topological polar surface area (TPSA) is 72.4 Å². The van der Waals surface area contributed by atoms with Crippen LogP contribution in [0.15, 0.2) is 27.8 Å². The molecule has 0 spiro atoms. The molecule has 0 radical (unpaired) electrons. The van der Waals surface area contributed by atoms with Crippen LogP contribution >= 0.6 is 0 Å². The lowest BCUT2D eigenvalue weighted by atomic mass is 10.3. The van der Waals surface area contributed by atoms with Crippen LogP contribution in [0.1, 0.15) is 0 Å². The highest BCUT2D eigenvalue weighted by atomic mass is 32.2. The fourth-order valence-electron chi connectivity index (χ4n) is 1.37. The number of fused-ring (bicyclic) bond motifs is 1. The normalized spacial score (nSPS) is 13.4. The van der Waals surface area contributed by atoms with Crippen LogP contribution in [-0.4, -0.2) is 40.5 Å². The van der Waals surface area contributed by atoms with Crippen molar-refractivity contribution in [1.29, 1.82) is 0 Å². The molecule has 0 saturated heterocycles. The summed E-state index contributed by atoms with van der Waals surface area (Å²) < 4.78 is 17.3. The van der Waals surface area contributed by atoms with Gasteiger partial charge in [0.15, 0.2) is 5.58 Å². The summed E-state index contributed by atoms with van der Waals surface area (Å²) in [5.74, 6) is 0.509. The number of nitrogen functional groups attached to an aromatic ring is 1. The first-order valence-electron chi connectivity index (χ1n) is 5.25. The lowest BCUT2D eigenvalue weighted by molar-refractivity contribution is 0.431. The molecule has 1 atom stereocenters. The summed E-state index contributed by atoms with van der Waals surface area (Å²) in [6, 6.07) is 5.20. The zero-order chi connectivity index (χ0) is 12.4. The summed E-state index contributed by atoms with van der Waals surface area (Å²) >= 11 is 0. The third kappa shape index (κ3) is 2.83. The van der Waals surface area contributed by atoms with Gasteiger partial charge in [0.1, 0.15) is 16.3 Å². The molecule has 5 nitrogen and oxygen atoms in total. The Kier molecular flexibility index (Phi) is 3.44. The molecule has 1 aromatic carbocycles. The van der Waals surface area contributed by atoms with Gasteiger partial charge in [-0.3, -0.25) is 0 Å². The summed E-state index contributed by atoms with van der Waals surface area (Å²) in [5.41, 5.74) is 7.52. The summed E-state index contributed by atoms with van der Waals surface area (Å²) in [6.07, 6.45) is 0. The van der Waals surface area contributed by atoms with E-state index in [1.54, 1.807) is 18.2 Å². The van der Waals surface area contributed by atoms with Crippen molar-refractivity contribution in [3.8, 4) is 0 Å². The lowest BCUT2D eigenvalue weighted by Crippen LogP contribution is -2.19. The van der Waals surface area contributed by atoms with Crippen molar-refractivity contribution in [3.63, 3.8) is 0 Å². The first-order valence-corrected chi connectivity index (χ1v) is 6.57. The minimum absolute atomic E-state index is 0.271. The standard InChI is InChI=1S/C11H15N3O2S/c1-14(2)5-6-17(15)11-13-9-4-3-8(12)7-10(9)16-11/h3-4,7H,5-6,12H2,1-2H3. The van der Waals surface area contributed by atoms with Crippen molar-refractivity contribution in [2.24, 2.45) is 0 Å². The predicted molar refractivity (Wildman–Crippen MR) is 68.3 cm³/mol. The molecule has 6 heteroatoms. The number of oxazole rings is 1. The number of hydrogen-bond acceptors (Lipinski definition) is 5. The SMILES string of the molecule is CN(C)CCS(=O)c1nc2ccc(N)cc2o1. The van der Waals surface area contributed by atoms with Gasteiger partial charge < -0.3 is 15.1 Å². The Bertz CT molecular complexity index is 551. The second kappa shape index (κ2) is 4.85. The van der Waals surface area contributed by atoms with Crippen LogP contribution in [0.2, 0.25) is 0 Å². The van der Waals surface area contributed by atoms with Crippen LogP contribution < -0.4 is 5.73 Å². The molecular weight excluding hydrogens is 238 g/mol. The van der Waals surface area contributed by atoms with Crippen LogP contribution in [0, 0.1) is 0 Å². The first-order chi connectivity index (χ1) is 8.06. The predicted octanol–water partition coefficient (Wildman–Crippen LogP) is 1.08. The largest absolute Gasteiger partial charge is 0.430 e. The molecular formula is C11H15N3O2S. The van der Waals surface area contributed by atoms with Gasteiger partial charge in [0.25, 0.3) is 5.22 Å². The highest BCUT2D eigenvalue weighted by Crippen LogP contribution is 2.20. The van der Waals surface area contributed by atoms with Gasteiger partial charge in [-0.25, -0.2) is 9.19 Å². The Morgan fingerprint density at radius 2 is 2.24 bits per heavy atom. The quantitative estimate of drug-likeness (QED) is 0.825. The highest BCUT2D eigenvalue weighted by Gasteiger charge is 2.12. The van der Waals surface area contributed by atoms with Crippen molar-refractivity contribution in [2.75, 3.05) is 32.1 Å². The molecule has 0 aliphatic heterocycles. The number of hydrogen-bond donors (Lipinski definition) is 1. The Hall–Kier alpha value is -1.40. The number of benzene rings is 1. The third-order valence-corrected chi connectivity index (χ3v) is 3.43. The molecule has 92 valence electrons. The smallest absolute Gasteiger partial charge is 0.287 e. The van der Waals surface area contributed by atoms with E-state index in [4.69, 9.17) is 10.2 Å². The molecule has 1 aromatic heterocycles. The van der Waals surface area contributed by atoms with Gasteiger partial charge in [0, 0.05) is 24.1 Å². The van der Waals surface area contributed by atoms with E-state index in [0.29, 0.717) is 22.5 Å². The van der Waals surface area contributed by atoms with Gasteiger partial charge in [-0.1, -0.05) is 0 Å². The number of nitrogens with two attached hydrogens (primary N) is 1. The molecule has 0 amide bonds. The maximum Gasteiger partial charge on any atom is 0.287 e. The maximum absolute atomic E-state index is 11.9. The second-order valence-electron chi connectivity index (χ2n) is 4.06. The van der Waals surface area contributed by atoms with E-state index in [1.165, 1.54) is 0 Å². The van der Waals surface area contributed by atoms with E-state index in [-0.39, 0.29) is 5.22 Å². The number of anilines is 1. The summed E-state index contributed by atoms with van der Waals surface area (Å²) in [6.45, 7) is 0.730. The minimum atomic E-state index is -1.20. The van der Waals surface area contributed by atoms with Crippen molar-refractivity contribution in [1.82, 2.24) is 9.88 Å². The highest BCUT2D eigenvalue weighted by molar-refractivity contribution is 7.84. The summed E-state index contributed by atoms with van der Waals surface area (Å²) in [5, 5.41) is 0.271. The molecule has 0 saturated carbocycles. The van der Waals surface area contributed by atoms with Crippen LogP contribution in [0.4, 0.5) is 5.69 Å². The van der Waals surface area contributed by atoms with Crippen LogP contribution in [0.3, 0.4) is 0 Å². The van der Waals surface area contributed by atoms with E-state index >= 15 is 0 Å². The van der Waals surface area contributed by atoms with E-state index in [2.05, 4.69) is 4.98 Å². The molecule has 0 bridgehead atoms. The van der Waals surface area contributed by atoms with Gasteiger partial charge in [0.05, 0.1) is 0 Å². The van der Waals surface area contributed by atoms with Gasteiger partial charge in [-0.15, -0.1) is 0 Å².